The van der Waals surface area contributed by atoms with E-state index in [0.29, 0.717) is 16.6 Å². The van der Waals surface area contributed by atoms with Crippen LogP contribution in [0.25, 0.3) is 0 Å². The molecule has 0 N–H and O–H groups in total. The number of likely N-dealkylation sites (tertiary alicyclic amines) is 1. The summed E-state index contributed by atoms with van der Waals surface area (Å²) in [6.45, 7) is 6.33. The molecule has 0 aromatic heterocycles. The highest BCUT2D eigenvalue weighted by Gasteiger charge is 2.23. The zero-order chi connectivity index (χ0) is 22.2. The molecule has 3 nitrogen and oxygen atoms in total. The highest BCUT2D eigenvalue weighted by atomic mass is 35.5. The van der Waals surface area contributed by atoms with E-state index in [0.717, 1.165) is 30.0 Å². The van der Waals surface area contributed by atoms with Crippen molar-refractivity contribution < 1.29 is 4.79 Å². The first kappa shape index (κ1) is 27.0. The summed E-state index contributed by atoms with van der Waals surface area (Å²) in [5, 5.41) is 1.14. The van der Waals surface area contributed by atoms with Crippen LogP contribution in [0.1, 0.15) is 60.9 Å². The van der Waals surface area contributed by atoms with E-state index in [1.807, 2.05) is 60.5 Å². The van der Waals surface area contributed by atoms with Crippen LogP contribution in [0.15, 0.2) is 48.5 Å². The van der Waals surface area contributed by atoms with Gasteiger partial charge in [-0.1, -0.05) is 67.2 Å². The lowest BCUT2D eigenvalue weighted by Gasteiger charge is -2.33. The molecule has 32 heavy (non-hydrogen) atoms. The molecule has 3 rings (SSSR count). The van der Waals surface area contributed by atoms with Crippen LogP contribution in [-0.4, -0.2) is 48.9 Å². The van der Waals surface area contributed by atoms with Gasteiger partial charge in [-0.3, -0.25) is 4.79 Å². The third-order valence-corrected chi connectivity index (χ3v) is 7.21. The van der Waals surface area contributed by atoms with Gasteiger partial charge in [0.25, 0.3) is 5.91 Å². The van der Waals surface area contributed by atoms with Crippen molar-refractivity contribution in [2.24, 2.45) is 5.92 Å². The lowest BCUT2D eigenvalue weighted by atomic mass is 9.91. The number of halogens is 3. The lowest BCUT2D eigenvalue weighted by molar-refractivity contribution is 0.0781. The minimum atomic E-state index is 0. The molecule has 0 aliphatic carbocycles. The number of hydrogen-bond donors (Lipinski definition) is 0. The van der Waals surface area contributed by atoms with Crippen LogP contribution in [0, 0.1) is 5.92 Å². The topological polar surface area (TPSA) is 23.6 Å². The molecule has 1 aliphatic rings. The zero-order valence-corrected chi connectivity index (χ0v) is 21.4. The van der Waals surface area contributed by atoms with Gasteiger partial charge in [-0.2, -0.15) is 0 Å². The molecule has 6 heteroatoms. The standard InChI is InChI=1S/C26H34Cl2N2O.ClH/c1-3-7-20-12-15-30(16-13-20)17-14-23(22-10-11-24(27)25(28)18-22)19-29(2)26(31)21-8-5-4-6-9-21;/h4-6,8-11,18,20,23H,3,7,12-17,19H2,1-2H3;1H. The molecule has 2 aromatic carbocycles. The van der Waals surface area contributed by atoms with Crippen LogP contribution in [0.3, 0.4) is 0 Å². The van der Waals surface area contributed by atoms with Crippen molar-refractivity contribution in [1.29, 1.82) is 0 Å². The Balaban J connectivity index is 0.00000363. The maximum absolute atomic E-state index is 12.9. The average Bonchev–Trinajstić information content (AvgIpc) is 2.79. The number of likely N-dealkylation sites (N-methyl/N-ethyl adjacent to an activating group) is 1. The molecule has 176 valence electrons. The molecule has 1 unspecified atom stereocenters. The van der Waals surface area contributed by atoms with Crippen molar-refractivity contribution in [1.82, 2.24) is 9.80 Å². The minimum absolute atomic E-state index is 0. The van der Waals surface area contributed by atoms with E-state index < -0.39 is 0 Å². The van der Waals surface area contributed by atoms with E-state index in [2.05, 4.69) is 11.8 Å². The second-order valence-corrected chi connectivity index (χ2v) is 9.60. The van der Waals surface area contributed by atoms with Crippen LogP contribution in [0.2, 0.25) is 10.0 Å². The van der Waals surface area contributed by atoms with E-state index in [-0.39, 0.29) is 24.2 Å². The van der Waals surface area contributed by atoms with Gasteiger partial charge in [0.2, 0.25) is 0 Å². The molecule has 1 heterocycles. The molecule has 1 fully saturated rings. The van der Waals surface area contributed by atoms with E-state index in [1.165, 1.54) is 38.8 Å². The molecular weight excluding hydrogens is 463 g/mol. The monoisotopic (exact) mass is 496 g/mol. The summed E-state index contributed by atoms with van der Waals surface area (Å²) in [6, 6.07) is 15.3. The van der Waals surface area contributed by atoms with E-state index in [1.54, 1.807) is 0 Å². The number of benzene rings is 2. The quantitative estimate of drug-likeness (QED) is 0.366. The van der Waals surface area contributed by atoms with Gasteiger partial charge in [-0.25, -0.2) is 0 Å². The van der Waals surface area contributed by atoms with Crippen molar-refractivity contribution >= 4 is 41.5 Å². The van der Waals surface area contributed by atoms with E-state index in [4.69, 9.17) is 23.2 Å². The van der Waals surface area contributed by atoms with Crippen molar-refractivity contribution in [3.8, 4) is 0 Å². The fraction of sp³-hybridized carbons (Fsp3) is 0.500. The van der Waals surface area contributed by atoms with Crippen molar-refractivity contribution in [2.45, 2.75) is 44.9 Å². The Morgan fingerprint density at radius 1 is 1.09 bits per heavy atom. The van der Waals surface area contributed by atoms with Gasteiger partial charge in [0, 0.05) is 25.1 Å². The van der Waals surface area contributed by atoms with Gasteiger partial charge in [0.1, 0.15) is 0 Å². The second-order valence-electron chi connectivity index (χ2n) is 8.78. The fourth-order valence-corrected chi connectivity index (χ4v) is 4.90. The van der Waals surface area contributed by atoms with Crippen LogP contribution >= 0.6 is 35.6 Å². The van der Waals surface area contributed by atoms with Gasteiger partial charge in [-0.05, 0) is 74.6 Å². The lowest BCUT2D eigenvalue weighted by Crippen LogP contribution is -2.36. The summed E-state index contributed by atoms with van der Waals surface area (Å²) < 4.78 is 0. The minimum Gasteiger partial charge on any atom is -0.341 e. The molecule has 1 amide bonds. The smallest absolute Gasteiger partial charge is 0.253 e. The third kappa shape index (κ3) is 7.66. The second kappa shape index (κ2) is 13.4. The zero-order valence-electron chi connectivity index (χ0n) is 19.1. The van der Waals surface area contributed by atoms with Crippen LogP contribution in [0.5, 0.6) is 0 Å². The molecule has 2 aromatic rings. The van der Waals surface area contributed by atoms with Gasteiger partial charge >= 0.3 is 0 Å². The summed E-state index contributed by atoms with van der Waals surface area (Å²) in [5.41, 5.74) is 1.86. The molecule has 1 aliphatic heterocycles. The summed E-state index contributed by atoms with van der Waals surface area (Å²) in [4.78, 5) is 17.3. The Morgan fingerprint density at radius 2 is 1.78 bits per heavy atom. The van der Waals surface area contributed by atoms with Gasteiger partial charge < -0.3 is 9.80 Å². The van der Waals surface area contributed by atoms with E-state index >= 15 is 0 Å². The van der Waals surface area contributed by atoms with Crippen LogP contribution < -0.4 is 0 Å². The van der Waals surface area contributed by atoms with Crippen LogP contribution in [-0.2, 0) is 0 Å². The summed E-state index contributed by atoms with van der Waals surface area (Å²) in [7, 11) is 1.89. The molecule has 1 atom stereocenters. The summed E-state index contributed by atoms with van der Waals surface area (Å²) >= 11 is 12.5. The Labute approximate surface area is 209 Å². The maximum Gasteiger partial charge on any atom is 0.253 e. The highest BCUT2D eigenvalue weighted by molar-refractivity contribution is 6.42. The van der Waals surface area contributed by atoms with Crippen molar-refractivity contribution in [3.63, 3.8) is 0 Å². The Kier molecular flexibility index (Phi) is 11.3. The average molecular weight is 498 g/mol. The number of carbonyl (C=O) groups is 1. The normalized spacial score (nSPS) is 15.8. The fourth-order valence-electron chi connectivity index (χ4n) is 4.59. The number of nitrogens with zero attached hydrogens (tertiary/aromatic N) is 2. The first-order valence-corrected chi connectivity index (χ1v) is 12.2. The van der Waals surface area contributed by atoms with E-state index in [9.17, 15) is 4.79 Å². The van der Waals surface area contributed by atoms with Gasteiger partial charge in [0.05, 0.1) is 10.0 Å². The Hall–Kier alpha value is -1.26. The number of carbonyl (C=O) groups excluding carboxylic acids is 1. The molecule has 1 saturated heterocycles. The van der Waals surface area contributed by atoms with Crippen molar-refractivity contribution in [3.05, 3.63) is 69.7 Å². The molecule has 0 radical (unpaired) electrons. The number of rotatable bonds is 9. The number of piperidine rings is 1. The van der Waals surface area contributed by atoms with Crippen LogP contribution in [0.4, 0.5) is 0 Å². The number of hydrogen-bond acceptors (Lipinski definition) is 2. The number of amides is 1. The predicted molar refractivity (Wildman–Crippen MR) is 139 cm³/mol. The highest BCUT2D eigenvalue weighted by Crippen LogP contribution is 2.30. The van der Waals surface area contributed by atoms with Crippen molar-refractivity contribution in [2.75, 3.05) is 33.2 Å². The first-order valence-electron chi connectivity index (χ1n) is 11.5. The predicted octanol–water partition coefficient (Wildman–Crippen LogP) is 7.17. The molecular formula is C26H35Cl3N2O. The summed E-state index contributed by atoms with van der Waals surface area (Å²) in [5.74, 6) is 1.15. The van der Waals surface area contributed by atoms with Gasteiger partial charge in [0.15, 0.2) is 0 Å². The van der Waals surface area contributed by atoms with Gasteiger partial charge in [-0.15, -0.1) is 12.4 Å². The Bertz CT molecular complexity index is 838. The molecule has 0 spiro atoms. The largest absolute Gasteiger partial charge is 0.341 e. The first-order chi connectivity index (χ1) is 15.0. The third-order valence-electron chi connectivity index (χ3n) is 6.47. The molecule has 0 bridgehead atoms. The maximum atomic E-state index is 12.9. The SMILES string of the molecule is CCCC1CCN(CCC(CN(C)C(=O)c2ccccc2)c2ccc(Cl)c(Cl)c2)CC1.Cl. The summed E-state index contributed by atoms with van der Waals surface area (Å²) in [6.07, 6.45) is 6.23. The Morgan fingerprint density at radius 3 is 2.41 bits per heavy atom. The molecule has 0 saturated carbocycles.